The summed E-state index contributed by atoms with van der Waals surface area (Å²) in [5.41, 5.74) is 7.26. The number of nitrogens with two attached hydrogens (primary N) is 1. The third kappa shape index (κ3) is 4.99. The van der Waals surface area contributed by atoms with Crippen molar-refractivity contribution in [1.29, 1.82) is 0 Å². The molecule has 1 aliphatic heterocycles. The first kappa shape index (κ1) is 23.5. The van der Waals surface area contributed by atoms with Crippen LogP contribution in [-0.4, -0.2) is 35.8 Å². The van der Waals surface area contributed by atoms with Gasteiger partial charge < -0.3 is 15.8 Å². The molecule has 1 aromatic heterocycles. The number of carbonyl (C=O) groups is 3. The molecular weight excluding hydrogens is 485 g/mol. The Hall–Kier alpha value is -2.65. The van der Waals surface area contributed by atoms with Gasteiger partial charge in [-0.1, -0.05) is 35.3 Å². The number of likely N-dealkylation sites (tertiary alicyclic amines) is 1. The van der Waals surface area contributed by atoms with E-state index in [1.165, 1.54) is 25.8 Å². The van der Waals surface area contributed by atoms with Crippen LogP contribution in [0.3, 0.4) is 0 Å². The van der Waals surface area contributed by atoms with E-state index in [0.717, 1.165) is 36.5 Å². The third-order valence-electron chi connectivity index (χ3n) is 5.37. The summed E-state index contributed by atoms with van der Waals surface area (Å²) >= 11 is 13.7. The van der Waals surface area contributed by atoms with Gasteiger partial charge in [0, 0.05) is 24.4 Å². The second kappa shape index (κ2) is 9.69. The molecule has 2 amide bonds. The Morgan fingerprint density at radius 1 is 1.15 bits per heavy atom. The smallest absolute Gasteiger partial charge is 0.308 e. The molecule has 0 atom stereocenters. The van der Waals surface area contributed by atoms with Crippen molar-refractivity contribution in [3.63, 3.8) is 0 Å². The van der Waals surface area contributed by atoms with Crippen LogP contribution in [0, 0.1) is 0 Å². The molecule has 0 spiro atoms. The number of fused-ring (bicyclic) bond motifs is 1. The molecule has 1 saturated heterocycles. The van der Waals surface area contributed by atoms with Crippen LogP contribution in [-0.2, 0) is 11.3 Å². The number of ether oxygens (including phenoxy) is 1. The van der Waals surface area contributed by atoms with Crippen molar-refractivity contribution < 1.29 is 19.1 Å². The molecule has 7 nitrogen and oxygen atoms in total. The van der Waals surface area contributed by atoms with Gasteiger partial charge in [-0.2, -0.15) is 0 Å². The molecule has 0 bridgehead atoms. The van der Waals surface area contributed by atoms with E-state index < -0.39 is 11.9 Å². The van der Waals surface area contributed by atoms with Crippen molar-refractivity contribution in [2.24, 2.45) is 5.73 Å². The van der Waals surface area contributed by atoms with E-state index in [4.69, 9.17) is 33.7 Å². The molecule has 1 aliphatic rings. The summed E-state index contributed by atoms with van der Waals surface area (Å²) in [6, 6.07) is 8.80. The van der Waals surface area contributed by atoms with Crippen LogP contribution in [0.15, 0.2) is 30.3 Å². The van der Waals surface area contributed by atoms with E-state index in [0.29, 0.717) is 15.6 Å². The average molecular weight is 506 g/mol. The van der Waals surface area contributed by atoms with Gasteiger partial charge in [0.2, 0.25) is 0 Å². The Morgan fingerprint density at radius 3 is 2.42 bits per heavy atom. The number of rotatable bonds is 6. The van der Waals surface area contributed by atoms with E-state index in [1.54, 1.807) is 12.1 Å². The number of halogens is 2. The van der Waals surface area contributed by atoms with Crippen LogP contribution >= 0.6 is 34.5 Å². The molecule has 33 heavy (non-hydrogen) atoms. The van der Waals surface area contributed by atoms with E-state index in [-0.39, 0.29) is 32.3 Å². The minimum absolute atomic E-state index is 0.0120. The van der Waals surface area contributed by atoms with Gasteiger partial charge in [-0.15, -0.1) is 11.3 Å². The highest BCUT2D eigenvalue weighted by Gasteiger charge is 2.24. The Morgan fingerprint density at radius 2 is 1.82 bits per heavy atom. The Labute approximate surface area is 204 Å². The topological polar surface area (TPSA) is 102 Å². The molecule has 3 aromatic rings. The van der Waals surface area contributed by atoms with Crippen LogP contribution < -0.4 is 15.8 Å². The number of thiophene rings is 1. The standard InChI is InChI=1S/C23H21Cl2N3O4S/c1-12(29)32-19-16(24)10-15-17(21(26)30)23(33-20(15)18(19)25)27-22(31)14-6-4-13(5-7-14)11-28-8-2-3-9-28/h4-7,10H,2-3,8-9,11H2,1H3,(H2,26,30)(H,27,31). The van der Waals surface area contributed by atoms with Crippen molar-refractivity contribution in [2.75, 3.05) is 18.4 Å². The van der Waals surface area contributed by atoms with Crippen molar-refractivity contribution in [3.8, 4) is 5.75 Å². The molecule has 2 aromatic carbocycles. The lowest BCUT2D eigenvalue weighted by Gasteiger charge is -2.14. The van der Waals surface area contributed by atoms with Gasteiger partial charge >= 0.3 is 5.97 Å². The zero-order valence-corrected chi connectivity index (χ0v) is 20.1. The first-order valence-corrected chi connectivity index (χ1v) is 11.9. The maximum Gasteiger partial charge on any atom is 0.308 e. The van der Waals surface area contributed by atoms with Gasteiger partial charge in [0.05, 0.1) is 15.3 Å². The molecule has 4 rings (SSSR count). The highest BCUT2D eigenvalue weighted by Crippen LogP contribution is 2.46. The molecule has 2 heterocycles. The lowest BCUT2D eigenvalue weighted by atomic mass is 10.1. The van der Waals surface area contributed by atoms with Crippen LogP contribution in [0.5, 0.6) is 5.75 Å². The number of esters is 1. The summed E-state index contributed by atoms with van der Waals surface area (Å²) in [4.78, 5) is 38.9. The van der Waals surface area contributed by atoms with E-state index in [9.17, 15) is 14.4 Å². The summed E-state index contributed by atoms with van der Waals surface area (Å²) < 4.78 is 5.52. The number of nitrogens with one attached hydrogen (secondary N) is 1. The van der Waals surface area contributed by atoms with Crippen molar-refractivity contribution in [3.05, 3.63) is 57.1 Å². The summed E-state index contributed by atoms with van der Waals surface area (Å²) in [5, 5.41) is 3.48. The van der Waals surface area contributed by atoms with Gasteiger partial charge in [-0.25, -0.2) is 0 Å². The summed E-state index contributed by atoms with van der Waals surface area (Å²) in [7, 11) is 0. The molecule has 0 aliphatic carbocycles. The maximum atomic E-state index is 12.9. The van der Waals surface area contributed by atoms with Crippen LogP contribution in [0.2, 0.25) is 10.0 Å². The lowest BCUT2D eigenvalue weighted by Crippen LogP contribution is -2.19. The lowest BCUT2D eigenvalue weighted by molar-refractivity contribution is -0.131. The zero-order chi connectivity index (χ0) is 23.7. The molecule has 1 fully saturated rings. The molecule has 0 unspecified atom stereocenters. The maximum absolute atomic E-state index is 12.9. The number of hydrogen-bond acceptors (Lipinski definition) is 6. The van der Waals surface area contributed by atoms with E-state index >= 15 is 0 Å². The van der Waals surface area contributed by atoms with Crippen LogP contribution in [0.25, 0.3) is 10.1 Å². The summed E-state index contributed by atoms with van der Waals surface area (Å²) in [6.07, 6.45) is 2.44. The number of nitrogens with zero attached hydrogens (tertiary/aromatic N) is 1. The first-order valence-electron chi connectivity index (χ1n) is 10.3. The Kier molecular flexibility index (Phi) is 6.90. The van der Waals surface area contributed by atoms with Crippen LogP contribution in [0.4, 0.5) is 5.00 Å². The summed E-state index contributed by atoms with van der Waals surface area (Å²) in [6.45, 7) is 4.27. The highest BCUT2D eigenvalue weighted by atomic mass is 35.5. The molecule has 0 saturated carbocycles. The zero-order valence-electron chi connectivity index (χ0n) is 17.7. The van der Waals surface area contributed by atoms with Gasteiger partial charge in [-0.05, 0) is 49.7 Å². The predicted molar refractivity (Wildman–Crippen MR) is 131 cm³/mol. The molecular formula is C23H21Cl2N3O4S. The fraction of sp³-hybridized carbons (Fsp3) is 0.261. The van der Waals surface area contributed by atoms with Gasteiger partial charge in [0.15, 0.2) is 5.75 Å². The van der Waals surface area contributed by atoms with E-state index in [1.807, 2.05) is 12.1 Å². The predicted octanol–water partition coefficient (Wildman–Crippen LogP) is 5.08. The van der Waals surface area contributed by atoms with Crippen LogP contribution in [0.1, 0.15) is 46.0 Å². The van der Waals surface area contributed by atoms with Crippen molar-refractivity contribution in [1.82, 2.24) is 4.90 Å². The van der Waals surface area contributed by atoms with Gasteiger partial charge in [0.25, 0.3) is 11.8 Å². The quantitative estimate of drug-likeness (QED) is 0.359. The largest absolute Gasteiger partial charge is 0.423 e. The highest BCUT2D eigenvalue weighted by molar-refractivity contribution is 7.24. The number of amides is 2. The molecule has 0 radical (unpaired) electrons. The molecule has 3 N–H and O–H groups in total. The van der Waals surface area contributed by atoms with Gasteiger partial charge in [0.1, 0.15) is 10.0 Å². The fourth-order valence-corrected chi connectivity index (χ4v) is 5.61. The van der Waals surface area contributed by atoms with Gasteiger partial charge in [-0.3, -0.25) is 19.3 Å². The number of anilines is 1. The van der Waals surface area contributed by atoms with E-state index in [2.05, 4.69) is 10.2 Å². The first-order chi connectivity index (χ1) is 15.7. The minimum atomic E-state index is -0.745. The second-order valence-electron chi connectivity index (χ2n) is 7.78. The van der Waals surface area contributed by atoms with Crippen molar-refractivity contribution in [2.45, 2.75) is 26.3 Å². The monoisotopic (exact) mass is 505 g/mol. The number of primary amides is 1. The Bertz CT molecular complexity index is 1250. The normalized spacial score (nSPS) is 13.9. The Balaban J connectivity index is 1.62. The number of hydrogen-bond donors (Lipinski definition) is 2. The third-order valence-corrected chi connectivity index (χ3v) is 7.26. The number of benzene rings is 2. The second-order valence-corrected chi connectivity index (χ2v) is 9.58. The van der Waals surface area contributed by atoms with Crippen molar-refractivity contribution >= 4 is 67.4 Å². The SMILES string of the molecule is CC(=O)Oc1c(Cl)cc2c(C(N)=O)c(NC(=O)c3ccc(CN4CCCC4)cc3)sc2c1Cl. The fourth-order valence-electron chi connectivity index (χ4n) is 3.85. The molecule has 10 heteroatoms. The summed E-state index contributed by atoms with van der Waals surface area (Å²) in [5.74, 6) is -1.74. The number of carbonyl (C=O) groups excluding carboxylic acids is 3. The average Bonchev–Trinajstić information content (AvgIpc) is 3.39. The molecule has 172 valence electrons. The minimum Gasteiger partial charge on any atom is -0.423 e.